The number of hydrogen-bond acceptors (Lipinski definition) is 6. The summed E-state index contributed by atoms with van der Waals surface area (Å²) >= 11 is 0. The highest BCUT2D eigenvalue weighted by molar-refractivity contribution is 5.97. The molecular weight excluding hydrogens is 362 g/mol. The van der Waals surface area contributed by atoms with Gasteiger partial charge in [0.25, 0.3) is 0 Å². The zero-order valence-electron chi connectivity index (χ0n) is 16.0. The molecule has 0 unspecified atom stereocenters. The molecule has 0 atom stereocenters. The number of anilines is 3. The van der Waals surface area contributed by atoms with Crippen LogP contribution in [-0.2, 0) is 14.3 Å². The third-order valence-electron chi connectivity index (χ3n) is 3.64. The lowest BCUT2D eigenvalue weighted by Gasteiger charge is -2.13. The molecule has 2 rings (SSSR count). The summed E-state index contributed by atoms with van der Waals surface area (Å²) in [5.41, 5.74) is 2.11. The fourth-order valence-corrected chi connectivity index (χ4v) is 2.40. The molecule has 0 aliphatic heterocycles. The van der Waals surface area contributed by atoms with Crippen molar-refractivity contribution in [2.75, 3.05) is 36.2 Å². The highest BCUT2D eigenvalue weighted by Crippen LogP contribution is 2.27. The van der Waals surface area contributed by atoms with E-state index in [-0.39, 0.29) is 18.4 Å². The van der Waals surface area contributed by atoms with E-state index in [9.17, 15) is 14.4 Å². The van der Waals surface area contributed by atoms with Crippen LogP contribution >= 0.6 is 0 Å². The van der Waals surface area contributed by atoms with E-state index in [1.54, 1.807) is 49.4 Å². The van der Waals surface area contributed by atoms with Crippen molar-refractivity contribution in [1.82, 2.24) is 0 Å². The smallest absolute Gasteiger partial charge is 0.338 e. The summed E-state index contributed by atoms with van der Waals surface area (Å²) in [7, 11) is 1.49. The van der Waals surface area contributed by atoms with Crippen molar-refractivity contribution in [2.45, 2.75) is 13.8 Å². The molecule has 0 aliphatic rings. The van der Waals surface area contributed by atoms with Crippen LogP contribution in [0.1, 0.15) is 24.2 Å². The Morgan fingerprint density at radius 2 is 1.64 bits per heavy atom. The maximum atomic E-state index is 12.3. The number of carbonyl (C=O) groups is 3. The van der Waals surface area contributed by atoms with E-state index in [1.165, 1.54) is 14.0 Å². The highest BCUT2D eigenvalue weighted by Gasteiger charge is 2.10. The van der Waals surface area contributed by atoms with Crippen molar-refractivity contribution in [1.29, 1.82) is 0 Å². The van der Waals surface area contributed by atoms with E-state index in [4.69, 9.17) is 9.47 Å². The Balaban J connectivity index is 1.96. The van der Waals surface area contributed by atoms with Crippen LogP contribution in [0, 0.1) is 0 Å². The summed E-state index contributed by atoms with van der Waals surface area (Å²) in [6, 6.07) is 11.6. The molecule has 0 saturated heterocycles. The molecule has 8 heteroatoms. The normalized spacial score (nSPS) is 9.96. The molecule has 0 bridgehead atoms. The topological polar surface area (TPSA) is 106 Å². The molecule has 2 aromatic carbocycles. The van der Waals surface area contributed by atoms with E-state index in [0.717, 1.165) is 0 Å². The van der Waals surface area contributed by atoms with Crippen LogP contribution in [0.15, 0.2) is 42.5 Å². The van der Waals surface area contributed by atoms with E-state index in [0.29, 0.717) is 35.0 Å². The van der Waals surface area contributed by atoms with Crippen LogP contribution < -0.4 is 20.7 Å². The van der Waals surface area contributed by atoms with Gasteiger partial charge < -0.3 is 25.4 Å². The van der Waals surface area contributed by atoms with Gasteiger partial charge in [0.05, 0.1) is 31.5 Å². The summed E-state index contributed by atoms with van der Waals surface area (Å²) in [5, 5.41) is 8.36. The molecule has 148 valence electrons. The fraction of sp³-hybridized carbons (Fsp3) is 0.250. The fourth-order valence-electron chi connectivity index (χ4n) is 2.40. The largest absolute Gasteiger partial charge is 0.495 e. The van der Waals surface area contributed by atoms with Gasteiger partial charge in [-0.15, -0.1) is 0 Å². The highest BCUT2D eigenvalue weighted by atomic mass is 16.5. The number of rotatable bonds is 8. The van der Waals surface area contributed by atoms with E-state index >= 15 is 0 Å². The first kappa shape index (κ1) is 20.8. The van der Waals surface area contributed by atoms with Crippen LogP contribution in [0.4, 0.5) is 17.1 Å². The van der Waals surface area contributed by atoms with Gasteiger partial charge in [-0.1, -0.05) is 0 Å². The average molecular weight is 385 g/mol. The number of hydrogen-bond donors (Lipinski definition) is 3. The molecule has 0 fully saturated rings. The van der Waals surface area contributed by atoms with E-state index in [1.807, 2.05) is 0 Å². The van der Waals surface area contributed by atoms with Crippen molar-refractivity contribution >= 4 is 34.8 Å². The first-order valence-corrected chi connectivity index (χ1v) is 8.69. The molecular formula is C20H23N3O5. The Morgan fingerprint density at radius 3 is 2.25 bits per heavy atom. The van der Waals surface area contributed by atoms with Crippen LogP contribution in [-0.4, -0.2) is 38.0 Å². The van der Waals surface area contributed by atoms with Gasteiger partial charge >= 0.3 is 5.97 Å². The first-order valence-electron chi connectivity index (χ1n) is 8.69. The summed E-state index contributed by atoms with van der Waals surface area (Å²) < 4.78 is 10.2. The molecule has 0 spiro atoms. The third-order valence-corrected chi connectivity index (χ3v) is 3.64. The summed E-state index contributed by atoms with van der Waals surface area (Å²) in [5.74, 6) is -0.428. The lowest BCUT2D eigenvalue weighted by molar-refractivity contribution is -0.115. The predicted molar refractivity (Wildman–Crippen MR) is 107 cm³/mol. The first-order chi connectivity index (χ1) is 13.4. The number of carbonyl (C=O) groups excluding carboxylic acids is 3. The van der Waals surface area contributed by atoms with Gasteiger partial charge in [-0.3, -0.25) is 9.59 Å². The summed E-state index contributed by atoms with van der Waals surface area (Å²) in [4.78, 5) is 35.1. The lowest BCUT2D eigenvalue weighted by Crippen LogP contribution is -2.22. The molecule has 2 aromatic rings. The third kappa shape index (κ3) is 6.01. The van der Waals surface area contributed by atoms with Crippen molar-refractivity contribution in [3.05, 3.63) is 48.0 Å². The Bertz CT molecular complexity index is 849. The maximum Gasteiger partial charge on any atom is 0.338 e. The van der Waals surface area contributed by atoms with Crippen molar-refractivity contribution < 1.29 is 23.9 Å². The van der Waals surface area contributed by atoms with Gasteiger partial charge in [0.15, 0.2) is 0 Å². The molecule has 8 nitrogen and oxygen atoms in total. The zero-order valence-corrected chi connectivity index (χ0v) is 16.0. The Kier molecular flexibility index (Phi) is 7.38. The average Bonchev–Trinajstić information content (AvgIpc) is 2.67. The molecule has 0 heterocycles. The minimum atomic E-state index is -0.391. The van der Waals surface area contributed by atoms with Gasteiger partial charge in [0, 0.05) is 18.3 Å². The van der Waals surface area contributed by atoms with Crippen molar-refractivity contribution in [3.8, 4) is 5.75 Å². The van der Waals surface area contributed by atoms with Gasteiger partial charge in [-0.25, -0.2) is 4.79 Å². The quantitative estimate of drug-likeness (QED) is 0.604. The van der Waals surface area contributed by atoms with Crippen molar-refractivity contribution in [2.24, 2.45) is 0 Å². The molecule has 2 amide bonds. The van der Waals surface area contributed by atoms with Crippen molar-refractivity contribution in [3.63, 3.8) is 0 Å². The second-order valence-corrected chi connectivity index (χ2v) is 5.80. The Hall–Kier alpha value is -3.55. The number of amides is 2. The molecule has 0 aromatic heterocycles. The Morgan fingerprint density at radius 1 is 0.964 bits per heavy atom. The number of nitrogens with one attached hydrogen (secondary N) is 3. The van der Waals surface area contributed by atoms with Gasteiger partial charge in [0.1, 0.15) is 5.75 Å². The monoisotopic (exact) mass is 385 g/mol. The van der Waals surface area contributed by atoms with Crippen LogP contribution in [0.2, 0.25) is 0 Å². The summed E-state index contributed by atoms with van der Waals surface area (Å²) in [6.45, 7) is 3.46. The molecule has 28 heavy (non-hydrogen) atoms. The number of benzene rings is 2. The molecule has 0 radical (unpaired) electrons. The minimum Gasteiger partial charge on any atom is -0.495 e. The molecule has 0 aliphatic carbocycles. The number of methoxy groups -OCH3 is 1. The van der Waals surface area contributed by atoms with E-state index in [2.05, 4.69) is 16.0 Å². The van der Waals surface area contributed by atoms with Crippen LogP contribution in [0.5, 0.6) is 5.75 Å². The van der Waals surface area contributed by atoms with Gasteiger partial charge in [0.2, 0.25) is 11.8 Å². The summed E-state index contributed by atoms with van der Waals surface area (Å²) in [6.07, 6.45) is 0. The predicted octanol–water partition coefficient (Wildman–Crippen LogP) is 2.88. The molecule has 0 saturated carbocycles. The van der Waals surface area contributed by atoms with Crippen LogP contribution in [0.25, 0.3) is 0 Å². The van der Waals surface area contributed by atoms with Crippen LogP contribution in [0.3, 0.4) is 0 Å². The molecule has 3 N–H and O–H groups in total. The standard InChI is InChI=1S/C20H23N3O5/c1-4-28-20(26)14-5-7-15(8-6-14)21-12-19(25)23-17-11-16(22-13(2)24)9-10-18(17)27-3/h5-11,21H,4,12H2,1-3H3,(H,22,24)(H,23,25). The second-order valence-electron chi connectivity index (χ2n) is 5.80. The minimum absolute atomic E-state index is 0.00622. The maximum absolute atomic E-state index is 12.3. The van der Waals surface area contributed by atoms with Gasteiger partial charge in [-0.2, -0.15) is 0 Å². The van der Waals surface area contributed by atoms with Gasteiger partial charge in [-0.05, 0) is 49.4 Å². The lowest BCUT2D eigenvalue weighted by atomic mass is 10.2. The zero-order chi connectivity index (χ0) is 20.5. The SMILES string of the molecule is CCOC(=O)c1ccc(NCC(=O)Nc2cc(NC(C)=O)ccc2OC)cc1. The van der Waals surface area contributed by atoms with E-state index < -0.39 is 5.97 Å². The Labute approximate surface area is 163 Å². The second kappa shape index (κ2) is 9.96. The number of ether oxygens (including phenoxy) is 2. The number of esters is 1.